The van der Waals surface area contributed by atoms with Gasteiger partial charge in [0.2, 0.25) is 0 Å². The molecule has 7 heteroatoms. The van der Waals surface area contributed by atoms with E-state index in [1.165, 1.54) is 0 Å². The fraction of sp³-hybridized carbons (Fsp3) is 0.438. The normalized spacial score (nSPS) is 10.2. The number of rotatable bonds is 8. The van der Waals surface area contributed by atoms with Crippen LogP contribution in [0.3, 0.4) is 0 Å². The number of hydrogen-bond acceptors (Lipinski definition) is 5. The van der Waals surface area contributed by atoms with E-state index in [-0.39, 0.29) is 0 Å². The fourth-order valence-corrected chi connectivity index (χ4v) is 2.35. The minimum absolute atomic E-state index is 0.473. The number of carbonyl (C=O) groups excluding carboxylic acids is 2. The van der Waals surface area contributed by atoms with Crippen LogP contribution in [0.2, 0.25) is 0 Å². The monoisotopic (exact) mass is 334 g/mol. The molecule has 23 heavy (non-hydrogen) atoms. The topological polar surface area (TPSA) is 85.2 Å². The van der Waals surface area contributed by atoms with Crippen LogP contribution in [-0.2, 0) is 9.59 Å². The zero-order valence-electron chi connectivity index (χ0n) is 13.5. The van der Waals surface area contributed by atoms with Gasteiger partial charge in [0, 0.05) is 17.1 Å². The molecule has 0 radical (unpaired) electrons. The van der Waals surface area contributed by atoms with Crippen LogP contribution < -0.4 is 10.6 Å². The summed E-state index contributed by atoms with van der Waals surface area (Å²) in [6.07, 6.45) is 0.806. The molecule has 124 valence electrons. The molecule has 0 heterocycles. The molecule has 0 saturated carbocycles. The largest absolute Gasteiger partial charge is 0.348 e. The number of carbonyl (C=O) groups is 2. The van der Waals surface area contributed by atoms with Crippen molar-refractivity contribution in [3.63, 3.8) is 0 Å². The van der Waals surface area contributed by atoms with Gasteiger partial charge in [0.15, 0.2) is 0 Å². The van der Waals surface area contributed by atoms with Gasteiger partial charge in [-0.3, -0.25) is 9.59 Å². The van der Waals surface area contributed by atoms with Crippen LogP contribution in [0.15, 0.2) is 29.2 Å². The van der Waals surface area contributed by atoms with Gasteiger partial charge in [-0.25, -0.2) is 0 Å². The summed E-state index contributed by atoms with van der Waals surface area (Å²) in [7, 11) is 0. The second-order valence-electron chi connectivity index (χ2n) is 4.81. The molecule has 0 bridgehead atoms. The zero-order chi connectivity index (χ0) is 17.1. The van der Waals surface area contributed by atoms with Crippen molar-refractivity contribution < 1.29 is 9.59 Å². The SMILES string of the molecule is CCN(CC)CCCNC(=O)C(=O)Nc1ccc(SC#N)cc1. The second-order valence-corrected chi connectivity index (χ2v) is 5.67. The van der Waals surface area contributed by atoms with Crippen molar-refractivity contribution in [2.75, 3.05) is 31.5 Å². The predicted molar refractivity (Wildman–Crippen MR) is 92.0 cm³/mol. The number of thiocyanates is 1. The standard InChI is InChI=1S/C16H22N4O2S/c1-3-20(4-2)11-5-10-18-15(21)16(22)19-13-6-8-14(9-7-13)23-12-17/h6-9H,3-5,10-11H2,1-2H3,(H,18,21)(H,19,22). The van der Waals surface area contributed by atoms with E-state index < -0.39 is 11.8 Å². The number of anilines is 1. The van der Waals surface area contributed by atoms with Gasteiger partial charge in [0.05, 0.1) is 0 Å². The maximum atomic E-state index is 11.8. The molecule has 1 rings (SSSR count). The molecule has 2 N–H and O–H groups in total. The van der Waals surface area contributed by atoms with E-state index in [0.717, 1.165) is 42.7 Å². The summed E-state index contributed by atoms with van der Waals surface area (Å²) >= 11 is 1.04. The third-order valence-corrected chi connectivity index (χ3v) is 3.91. The molecule has 0 saturated heterocycles. The number of amides is 2. The minimum atomic E-state index is -0.687. The number of nitrogens with one attached hydrogen (secondary N) is 2. The Hall–Kier alpha value is -2.04. The van der Waals surface area contributed by atoms with Gasteiger partial charge in [-0.2, -0.15) is 5.26 Å². The van der Waals surface area contributed by atoms with E-state index >= 15 is 0 Å². The second kappa shape index (κ2) is 10.6. The first-order valence-electron chi connectivity index (χ1n) is 7.58. The quantitative estimate of drug-likeness (QED) is 0.329. The number of hydrogen-bond donors (Lipinski definition) is 2. The van der Waals surface area contributed by atoms with Crippen LogP contribution in [-0.4, -0.2) is 42.9 Å². The lowest BCUT2D eigenvalue weighted by atomic mass is 10.3. The third-order valence-electron chi connectivity index (χ3n) is 3.31. The molecule has 0 aliphatic rings. The first kappa shape index (κ1) is 19.0. The predicted octanol–water partition coefficient (Wildman–Crippen LogP) is 2.05. The van der Waals surface area contributed by atoms with Crippen LogP contribution in [0.5, 0.6) is 0 Å². The van der Waals surface area contributed by atoms with Crippen LogP contribution in [0.25, 0.3) is 0 Å². The number of nitriles is 1. The van der Waals surface area contributed by atoms with E-state index in [0.29, 0.717) is 12.2 Å². The number of nitrogens with zero attached hydrogens (tertiary/aromatic N) is 2. The smallest absolute Gasteiger partial charge is 0.313 e. The van der Waals surface area contributed by atoms with Crippen molar-refractivity contribution in [3.05, 3.63) is 24.3 Å². The summed E-state index contributed by atoms with van der Waals surface area (Å²) in [5, 5.41) is 15.7. The Bertz CT molecular complexity index is 550. The molecule has 0 unspecified atom stereocenters. The van der Waals surface area contributed by atoms with Crippen LogP contribution >= 0.6 is 11.8 Å². The molecule has 0 atom stereocenters. The van der Waals surface area contributed by atoms with Crippen molar-refractivity contribution in [1.29, 1.82) is 5.26 Å². The zero-order valence-corrected chi connectivity index (χ0v) is 14.3. The summed E-state index contributed by atoms with van der Waals surface area (Å²) in [6, 6.07) is 6.74. The van der Waals surface area contributed by atoms with Gasteiger partial charge in [-0.1, -0.05) is 13.8 Å². The fourth-order valence-electron chi connectivity index (χ4n) is 1.97. The molecule has 2 amide bonds. The van der Waals surface area contributed by atoms with Crippen molar-refractivity contribution in [2.45, 2.75) is 25.2 Å². The van der Waals surface area contributed by atoms with Crippen molar-refractivity contribution >= 4 is 29.3 Å². The Labute approximate surface area is 141 Å². The van der Waals surface area contributed by atoms with E-state index in [2.05, 4.69) is 29.4 Å². The molecular weight excluding hydrogens is 312 g/mol. The van der Waals surface area contributed by atoms with E-state index in [1.807, 2.05) is 5.40 Å². The van der Waals surface area contributed by atoms with E-state index in [9.17, 15) is 9.59 Å². The summed E-state index contributed by atoms with van der Waals surface area (Å²) < 4.78 is 0. The average Bonchev–Trinajstić information content (AvgIpc) is 2.56. The van der Waals surface area contributed by atoms with Gasteiger partial charge in [0.25, 0.3) is 0 Å². The lowest BCUT2D eigenvalue weighted by Gasteiger charge is -2.17. The Balaban J connectivity index is 2.33. The average molecular weight is 334 g/mol. The Kier molecular flexibility index (Phi) is 8.80. The van der Waals surface area contributed by atoms with Gasteiger partial charge in [-0.05, 0) is 62.1 Å². The molecule has 0 spiro atoms. The highest BCUT2D eigenvalue weighted by Gasteiger charge is 2.13. The minimum Gasteiger partial charge on any atom is -0.348 e. The first-order valence-corrected chi connectivity index (χ1v) is 8.39. The molecule has 1 aromatic carbocycles. The summed E-state index contributed by atoms with van der Waals surface area (Å²) in [5.74, 6) is -1.33. The third kappa shape index (κ3) is 7.17. The molecule has 1 aromatic rings. The lowest BCUT2D eigenvalue weighted by molar-refractivity contribution is -0.136. The highest BCUT2D eigenvalue weighted by molar-refractivity contribution is 8.03. The van der Waals surface area contributed by atoms with Crippen LogP contribution in [0.1, 0.15) is 20.3 Å². The summed E-state index contributed by atoms with van der Waals surface area (Å²) in [4.78, 5) is 26.5. The molecule has 0 fully saturated rings. The van der Waals surface area contributed by atoms with Crippen LogP contribution in [0, 0.1) is 10.7 Å². The highest BCUT2D eigenvalue weighted by atomic mass is 32.2. The number of thioether (sulfide) groups is 1. The summed E-state index contributed by atoms with van der Waals surface area (Å²) in [5.41, 5.74) is 0.524. The maximum absolute atomic E-state index is 11.8. The Morgan fingerprint density at radius 2 is 1.83 bits per heavy atom. The summed E-state index contributed by atoms with van der Waals surface area (Å²) in [6.45, 7) is 7.51. The molecule has 6 nitrogen and oxygen atoms in total. The van der Waals surface area contributed by atoms with E-state index in [4.69, 9.17) is 5.26 Å². The maximum Gasteiger partial charge on any atom is 0.313 e. The lowest BCUT2D eigenvalue weighted by Crippen LogP contribution is -2.37. The van der Waals surface area contributed by atoms with Gasteiger partial charge >= 0.3 is 11.8 Å². The van der Waals surface area contributed by atoms with E-state index in [1.54, 1.807) is 24.3 Å². The number of benzene rings is 1. The van der Waals surface area contributed by atoms with Crippen LogP contribution in [0.4, 0.5) is 5.69 Å². The van der Waals surface area contributed by atoms with Gasteiger partial charge in [0.1, 0.15) is 5.40 Å². The van der Waals surface area contributed by atoms with Crippen molar-refractivity contribution in [3.8, 4) is 5.40 Å². The first-order chi connectivity index (χ1) is 11.1. The van der Waals surface area contributed by atoms with Gasteiger partial charge < -0.3 is 15.5 Å². The molecular formula is C16H22N4O2S. The van der Waals surface area contributed by atoms with Crippen molar-refractivity contribution in [1.82, 2.24) is 10.2 Å². The van der Waals surface area contributed by atoms with Gasteiger partial charge in [-0.15, -0.1) is 0 Å². The molecule has 0 aliphatic carbocycles. The highest BCUT2D eigenvalue weighted by Crippen LogP contribution is 2.18. The molecule has 0 aromatic heterocycles. The Morgan fingerprint density at radius 3 is 2.39 bits per heavy atom. The Morgan fingerprint density at radius 1 is 1.17 bits per heavy atom. The van der Waals surface area contributed by atoms with Crippen molar-refractivity contribution in [2.24, 2.45) is 0 Å². The molecule has 0 aliphatic heterocycles.